The predicted molar refractivity (Wildman–Crippen MR) is 100 cm³/mol. The van der Waals surface area contributed by atoms with Crippen molar-refractivity contribution >= 4 is 33.8 Å². The molecule has 0 spiro atoms. The molecule has 0 saturated carbocycles. The molecule has 3 heterocycles. The Labute approximate surface area is 149 Å². The van der Waals surface area contributed by atoms with Crippen molar-refractivity contribution in [1.82, 2.24) is 14.5 Å². The molecule has 0 atom stereocenters. The van der Waals surface area contributed by atoms with E-state index < -0.39 is 0 Å². The molecule has 0 aliphatic rings. The first-order valence-corrected chi connectivity index (χ1v) is 8.81. The van der Waals surface area contributed by atoms with Crippen LogP contribution in [0.5, 0.6) is 0 Å². The van der Waals surface area contributed by atoms with E-state index in [-0.39, 0.29) is 12.3 Å². The van der Waals surface area contributed by atoms with Gasteiger partial charge in [-0.25, -0.2) is 4.98 Å². The molecule has 0 aliphatic carbocycles. The number of amides is 1. The van der Waals surface area contributed by atoms with E-state index in [0.717, 1.165) is 33.1 Å². The Kier molecular flexibility index (Phi) is 4.03. The Balaban J connectivity index is 1.51. The molecule has 3 aromatic heterocycles. The number of aryl methyl sites for hydroxylation is 1. The maximum absolute atomic E-state index is 12.4. The third kappa shape index (κ3) is 3.29. The highest BCUT2D eigenvalue weighted by atomic mass is 32.1. The van der Waals surface area contributed by atoms with E-state index in [1.165, 1.54) is 11.3 Å². The van der Waals surface area contributed by atoms with E-state index in [9.17, 15) is 4.79 Å². The molecular weight excluding hydrogens is 332 g/mol. The number of rotatable bonds is 4. The molecule has 124 valence electrons. The number of anilines is 1. The molecule has 0 fully saturated rings. The number of thiazole rings is 1. The molecule has 4 rings (SSSR count). The van der Waals surface area contributed by atoms with Gasteiger partial charge in [0.05, 0.1) is 23.3 Å². The minimum Gasteiger partial charge on any atom is -0.325 e. The van der Waals surface area contributed by atoms with Gasteiger partial charge in [0, 0.05) is 28.9 Å². The van der Waals surface area contributed by atoms with Crippen molar-refractivity contribution in [2.24, 2.45) is 0 Å². The van der Waals surface area contributed by atoms with Crippen molar-refractivity contribution in [3.05, 3.63) is 71.6 Å². The van der Waals surface area contributed by atoms with Crippen LogP contribution in [0.1, 0.15) is 11.4 Å². The summed E-state index contributed by atoms with van der Waals surface area (Å²) in [5.41, 5.74) is 3.37. The summed E-state index contributed by atoms with van der Waals surface area (Å²) >= 11 is 1.52. The number of benzene rings is 1. The second-order valence-corrected chi connectivity index (χ2v) is 6.60. The fourth-order valence-corrected chi connectivity index (χ4v) is 3.47. The van der Waals surface area contributed by atoms with E-state index in [0.29, 0.717) is 0 Å². The van der Waals surface area contributed by atoms with E-state index in [1.54, 1.807) is 0 Å². The quantitative estimate of drug-likeness (QED) is 0.607. The Morgan fingerprint density at radius 2 is 1.96 bits per heavy atom. The van der Waals surface area contributed by atoms with Gasteiger partial charge in [-0.2, -0.15) is 0 Å². The van der Waals surface area contributed by atoms with Crippen LogP contribution >= 0.6 is 11.3 Å². The third-order valence-corrected chi connectivity index (χ3v) is 4.75. The summed E-state index contributed by atoms with van der Waals surface area (Å²) in [5.74, 6) is -0.0857. The molecule has 25 heavy (non-hydrogen) atoms. The van der Waals surface area contributed by atoms with Crippen molar-refractivity contribution in [2.75, 3.05) is 5.32 Å². The van der Waals surface area contributed by atoms with E-state index in [4.69, 9.17) is 0 Å². The van der Waals surface area contributed by atoms with Gasteiger partial charge in [-0.15, -0.1) is 11.3 Å². The highest BCUT2D eigenvalue weighted by molar-refractivity contribution is 7.12. The summed E-state index contributed by atoms with van der Waals surface area (Å²) in [6.07, 6.45) is 4.12. The van der Waals surface area contributed by atoms with Crippen LogP contribution in [-0.2, 0) is 11.2 Å². The molecular formula is C19H16N4OS. The van der Waals surface area contributed by atoms with Gasteiger partial charge < -0.3 is 9.88 Å². The summed E-state index contributed by atoms with van der Waals surface area (Å²) in [7, 11) is 0. The number of hydrogen-bond acceptors (Lipinski definition) is 4. The molecule has 1 amide bonds. The molecule has 0 radical (unpaired) electrons. The van der Waals surface area contributed by atoms with Gasteiger partial charge in [0.15, 0.2) is 5.13 Å². The fraction of sp³-hybridized carbons (Fsp3) is 0.105. The van der Waals surface area contributed by atoms with E-state index in [1.807, 2.05) is 71.7 Å². The Morgan fingerprint density at radius 3 is 2.80 bits per heavy atom. The number of nitrogens with zero attached hydrogens (tertiary/aromatic N) is 3. The summed E-state index contributed by atoms with van der Waals surface area (Å²) < 4.78 is 1.94. The van der Waals surface area contributed by atoms with Crippen LogP contribution < -0.4 is 5.32 Å². The van der Waals surface area contributed by atoms with Crippen molar-refractivity contribution in [3.8, 4) is 5.13 Å². The van der Waals surface area contributed by atoms with Crippen LogP contribution in [0.15, 0.2) is 60.2 Å². The fourth-order valence-electron chi connectivity index (χ4n) is 2.68. The molecule has 0 unspecified atom stereocenters. The van der Waals surface area contributed by atoms with Crippen LogP contribution in [-0.4, -0.2) is 20.4 Å². The zero-order valence-corrected chi connectivity index (χ0v) is 14.5. The van der Waals surface area contributed by atoms with E-state index in [2.05, 4.69) is 15.3 Å². The first-order chi connectivity index (χ1) is 12.2. The van der Waals surface area contributed by atoms with Gasteiger partial charge in [0.2, 0.25) is 5.91 Å². The topological polar surface area (TPSA) is 59.8 Å². The Morgan fingerprint density at radius 1 is 1.12 bits per heavy atom. The SMILES string of the molecule is Cc1ccc2c(NC(=O)Cc3csc(-n4cccc4)n3)cccc2n1. The van der Waals surface area contributed by atoms with Crippen molar-refractivity contribution in [1.29, 1.82) is 0 Å². The van der Waals surface area contributed by atoms with Gasteiger partial charge in [-0.05, 0) is 43.3 Å². The minimum absolute atomic E-state index is 0.0857. The highest BCUT2D eigenvalue weighted by Gasteiger charge is 2.10. The lowest BCUT2D eigenvalue weighted by Crippen LogP contribution is -2.15. The van der Waals surface area contributed by atoms with Gasteiger partial charge in [0.25, 0.3) is 0 Å². The average molecular weight is 348 g/mol. The molecule has 0 bridgehead atoms. The summed E-state index contributed by atoms with van der Waals surface area (Å²) in [6, 6.07) is 13.6. The number of hydrogen-bond donors (Lipinski definition) is 1. The monoisotopic (exact) mass is 348 g/mol. The molecule has 1 aromatic carbocycles. The van der Waals surface area contributed by atoms with E-state index >= 15 is 0 Å². The zero-order valence-electron chi connectivity index (χ0n) is 13.6. The average Bonchev–Trinajstić information content (AvgIpc) is 3.26. The van der Waals surface area contributed by atoms with Crippen LogP contribution in [0, 0.1) is 6.92 Å². The number of aromatic nitrogens is 3. The first-order valence-electron chi connectivity index (χ1n) is 7.93. The maximum atomic E-state index is 12.4. The molecule has 1 N–H and O–H groups in total. The van der Waals surface area contributed by atoms with Gasteiger partial charge in [0.1, 0.15) is 0 Å². The first kappa shape index (κ1) is 15.5. The van der Waals surface area contributed by atoms with Gasteiger partial charge in [-0.1, -0.05) is 6.07 Å². The predicted octanol–water partition coefficient (Wildman–Crippen LogP) is 3.97. The van der Waals surface area contributed by atoms with Crippen LogP contribution in [0.25, 0.3) is 16.0 Å². The number of carbonyl (C=O) groups excluding carboxylic acids is 1. The maximum Gasteiger partial charge on any atom is 0.230 e. The number of pyridine rings is 1. The summed E-state index contributed by atoms with van der Waals surface area (Å²) in [5, 5.41) is 6.69. The van der Waals surface area contributed by atoms with Crippen LogP contribution in [0.2, 0.25) is 0 Å². The van der Waals surface area contributed by atoms with Crippen molar-refractivity contribution in [3.63, 3.8) is 0 Å². The number of fused-ring (bicyclic) bond motifs is 1. The lowest BCUT2D eigenvalue weighted by molar-refractivity contribution is -0.115. The molecule has 0 aliphatic heterocycles. The second kappa shape index (κ2) is 6.49. The molecule has 6 heteroatoms. The standard InChI is InChI=1S/C19H16N4OS/c1-13-7-8-15-16(20-13)5-4-6-17(15)22-18(24)11-14-12-25-19(21-14)23-9-2-3-10-23/h2-10,12H,11H2,1H3,(H,22,24). The zero-order chi connectivity index (χ0) is 17.2. The molecule has 5 nitrogen and oxygen atoms in total. The molecule has 0 saturated heterocycles. The molecule has 4 aromatic rings. The normalized spacial score (nSPS) is 10.9. The highest BCUT2D eigenvalue weighted by Crippen LogP contribution is 2.23. The smallest absolute Gasteiger partial charge is 0.230 e. The van der Waals surface area contributed by atoms with Crippen LogP contribution in [0.4, 0.5) is 5.69 Å². The summed E-state index contributed by atoms with van der Waals surface area (Å²) in [6.45, 7) is 1.95. The second-order valence-electron chi connectivity index (χ2n) is 5.76. The van der Waals surface area contributed by atoms with Crippen LogP contribution in [0.3, 0.4) is 0 Å². The third-order valence-electron chi connectivity index (χ3n) is 3.85. The Hall–Kier alpha value is -2.99. The lowest BCUT2D eigenvalue weighted by atomic mass is 10.1. The van der Waals surface area contributed by atoms with Crippen molar-refractivity contribution in [2.45, 2.75) is 13.3 Å². The van der Waals surface area contributed by atoms with Gasteiger partial charge in [-0.3, -0.25) is 9.78 Å². The largest absolute Gasteiger partial charge is 0.325 e. The van der Waals surface area contributed by atoms with Crippen molar-refractivity contribution < 1.29 is 4.79 Å². The minimum atomic E-state index is -0.0857. The van der Waals surface area contributed by atoms with Gasteiger partial charge >= 0.3 is 0 Å². The Bertz CT molecular complexity index is 1040. The number of carbonyl (C=O) groups is 1. The lowest BCUT2D eigenvalue weighted by Gasteiger charge is -2.08. The number of nitrogens with one attached hydrogen (secondary N) is 1. The summed E-state index contributed by atoms with van der Waals surface area (Å²) in [4.78, 5) is 21.4.